The van der Waals surface area contributed by atoms with Crippen molar-refractivity contribution in [2.24, 2.45) is 11.3 Å². The second-order valence-corrected chi connectivity index (χ2v) is 10.7. The van der Waals surface area contributed by atoms with E-state index < -0.39 is 5.97 Å². The molecule has 0 bridgehead atoms. The van der Waals surface area contributed by atoms with Crippen LogP contribution in [0.4, 0.5) is 4.39 Å². The molecule has 0 aliphatic heterocycles. The predicted molar refractivity (Wildman–Crippen MR) is 143 cm³/mol. The molecule has 0 spiro atoms. The lowest BCUT2D eigenvalue weighted by Crippen LogP contribution is -2.10. The van der Waals surface area contributed by atoms with Gasteiger partial charge in [-0.2, -0.15) is 0 Å². The van der Waals surface area contributed by atoms with E-state index in [2.05, 4.69) is 31.1 Å². The van der Waals surface area contributed by atoms with E-state index in [1.807, 2.05) is 30.4 Å². The fourth-order valence-corrected chi connectivity index (χ4v) is 5.41. The molecule has 2 aliphatic rings. The third-order valence-electron chi connectivity index (χ3n) is 7.61. The van der Waals surface area contributed by atoms with Crippen LogP contribution >= 0.6 is 0 Å². The number of allylic oxidation sites excluding steroid dienone is 2. The van der Waals surface area contributed by atoms with Crippen molar-refractivity contribution in [3.63, 3.8) is 0 Å². The number of aromatic nitrogens is 1. The monoisotopic (exact) mass is 501 g/mol. The molecule has 0 saturated heterocycles. The summed E-state index contributed by atoms with van der Waals surface area (Å²) in [6.45, 7) is 4.37. The van der Waals surface area contributed by atoms with Crippen LogP contribution in [-0.2, 0) is 4.79 Å². The number of hydrogen-bond acceptors (Lipinski definition) is 4. The number of benzene rings is 2. The van der Waals surface area contributed by atoms with E-state index in [1.54, 1.807) is 19.2 Å². The highest BCUT2D eigenvalue weighted by Gasteiger charge is 2.35. The lowest BCUT2D eigenvalue weighted by molar-refractivity contribution is -0.137. The molecule has 0 unspecified atom stereocenters. The van der Waals surface area contributed by atoms with E-state index in [-0.39, 0.29) is 23.6 Å². The van der Waals surface area contributed by atoms with Gasteiger partial charge in [0.25, 0.3) is 0 Å². The number of aliphatic carboxylic acids is 1. The van der Waals surface area contributed by atoms with Crippen LogP contribution in [0.2, 0.25) is 0 Å². The summed E-state index contributed by atoms with van der Waals surface area (Å²) in [6, 6.07) is 12.6. The van der Waals surface area contributed by atoms with E-state index >= 15 is 0 Å². The third-order valence-corrected chi connectivity index (χ3v) is 7.61. The van der Waals surface area contributed by atoms with Crippen molar-refractivity contribution in [3.05, 3.63) is 76.8 Å². The number of nitrogens with zero attached hydrogens (tertiary/aromatic N) is 1. The van der Waals surface area contributed by atoms with Crippen LogP contribution in [0.3, 0.4) is 0 Å². The van der Waals surface area contributed by atoms with Crippen LogP contribution < -0.4 is 4.74 Å². The van der Waals surface area contributed by atoms with Crippen LogP contribution in [0.15, 0.2) is 53.1 Å². The minimum Gasteiger partial charge on any atom is -0.497 e. The summed E-state index contributed by atoms with van der Waals surface area (Å²) in [4.78, 5) is 11.4. The number of hydrogen-bond donors (Lipinski definition) is 1. The zero-order valence-corrected chi connectivity index (χ0v) is 21.5. The Labute approximate surface area is 216 Å². The molecule has 1 heterocycles. The van der Waals surface area contributed by atoms with Gasteiger partial charge in [0.05, 0.1) is 19.1 Å². The summed E-state index contributed by atoms with van der Waals surface area (Å²) in [5.74, 6) is 0.416. The minimum absolute atomic E-state index is 0.0266. The maximum atomic E-state index is 15.0. The molecule has 0 amide bonds. The maximum Gasteiger partial charge on any atom is 0.303 e. The van der Waals surface area contributed by atoms with Crippen LogP contribution in [0.1, 0.15) is 74.3 Å². The fourth-order valence-electron chi connectivity index (χ4n) is 5.41. The Balaban J connectivity index is 1.54. The average molecular weight is 502 g/mol. The number of carbonyl (C=O) groups is 1. The van der Waals surface area contributed by atoms with Crippen molar-refractivity contribution in [1.82, 2.24) is 5.16 Å². The molecule has 192 valence electrons. The summed E-state index contributed by atoms with van der Waals surface area (Å²) in [7, 11) is 1.55. The molecule has 2 aromatic carbocycles. The first kappa shape index (κ1) is 25.0. The van der Waals surface area contributed by atoms with E-state index in [0.29, 0.717) is 28.7 Å². The third kappa shape index (κ3) is 5.24. The normalized spacial score (nSPS) is 17.7. The standard InChI is InChI=1S/C31H32FNO4/c1-31(2)15-5-8-25(31)29-27(37-33-30(29)24-17-22(36-3)12-13-26(24)32)14-9-19-6-4-7-21(16-19)23(18-28(34)35)20-10-11-20/h4,6-9,12-14,16-17,20,23H,5,10-11,15,18H2,1-3H3,(H,34,35)/b14-9-/t23-/m0/s1. The highest BCUT2D eigenvalue weighted by atomic mass is 19.1. The molecule has 6 heteroatoms. The molecule has 1 saturated carbocycles. The molecule has 2 aliphatic carbocycles. The number of carboxylic acid groups (broad SMARTS) is 1. The van der Waals surface area contributed by atoms with Crippen LogP contribution in [-0.4, -0.2) is 23.3 Å². The highest BCUT2D eigenvalue weighted by Crippen LogP contribution is 2.49. The summed E-state index contributed by atoms with van der Waals surface area (Å²) < 4.78 is 26.1. The van der Waals surface area contributed by atoms with Gasteiger partial charge >= 0.3 is 5.97 Å². The predicted octanol–water partition coefficient (Wildman–Crippen LogP) is 7.83. The van der Waals surface area contributed by atoms with Crippen LogP contribution in [0.25, 0.3) is 29.0 Å². The van der Waals surface area contributed by atoms with Gasteiger partial charge in [0.15, 0.2) is 5.76 Å². The van der Waals surface area contributed by atoms with Crippen molar-refractivity contribution in [2.75, 3.05) is 7.11 Å². The van der Waals surface area contributed by atoms with Crippen molar-refractivity contribution in [2.45, 2.75) is 51.9 Å². The summed E-state index contributed by atoms with van der Waals surface area (Å²) >= 11 is 0. The molecular weight excluding hydrogens is 469 g/mol. The van der Waals surface area contributed by atoms with Crippen molar-refractivity contribution in [3.8, 4) is 17.0 Å². The largest absolute Gasteiger partial charge is 0.497 e. The average Bonchev–Trinajstić information content (AvgIpc) is 3.54. The molecule has 1 fully saturated rings. The number of halogens is 1. The Kier molecular flexibility index (Phi) is 6.76. The van der Waals surface area contributed by atoms with Gasteiger partial charge < -0.3 is 14.4 Å². The molecular formula is C31H32FNO4. The lowest BCUT2D eigenvalue weighted by atomic mass is 9.80. The van der Waals surface area contributed by atoms with Crippen LogP contribution in [0, 0.1) is 17.2 Å². The Morgan fingerprint density at radius 3 is 2.73 bits per heavy atom. The lowest BCUT2D eigenvalue weighted by Gasteiger charge is -2.22. The van der Waals surface area contributed by atoms with Gasteiger partial charge in [-0.1, -0.05) is 55.4 Å². The smallest absolute Gasteiger partial charge is 0.303 e. The van der Waals surface area contributed by atoms with Gasteiger partial charge in [-0.25, -0.2) is 4.39 Å². The molecule has 1 atom stereocenters. The molecule has 37 heavy (non-hydrogen) atoms. The van der Waals surface area contributed by atoms with Gasteiger partial charge in [0.2, 0.25) is 0 Å². The minimum atomic E-state index is -0.770. The SMILES string of the molecule is COc1ccc(F)c(-c2noc(/C=C\c3cccc([C@@H](CC(=O)O)C4CC4)c3)c2C2=CCCC2(C)C)c1. The number of rotatable bonds is 9. The Morgan fingerprint density at radius 1 is 1.24 bits per heavy atom. The zero-order chi connectivity index (χ0) is 26.2. The Morgan fingerprint density at radius 2 is 2.05 bits per heavy atom. The quantitative estimate of drug-likeness (QED) is 0.323. The van der Waals surface area contributed by atoms with Crippen molar-refractivity contribution >= 4 is 23.7 Å². The first-order valence-corrected chi connectivity index (χ1v) is 12.8. The fraction of sp³-hybridized carbons (Fsp3) is 0.355. The van der Waals surface area contributed by atoms with Gasteiger partial charge in [-0.05, 0) is 83.9 Å². The maximum absolute atomic E-state index is 15.0. The van der Waals surface area contributed by atoms with Crippen molar-refractivity contribution in [1.29, 1.82) is 0 Å². The second-order valence-electron chi connectivity index (χ2n) is 10.7. The highest BCUT2D eigenvalue weighted by molar-refractivity contribution is 5.88. The van der Waals surface area contributed by atoms with Gasteiger partial charge in [0, 0.05) is 5.56 Å². The van der Waals surface area contributed by atoms with Crippen LogP contribution in [0.5, 0.6) is 5.75 Å². The first-order chi connectivity index (χ1) is 17.8. The van der Waals surface area contributed by atoms with Gasteiger partial charge in [0.1, 0.15) is 17.3 Å². The van der Waals surface area contributed by atoms with Gasteiger partial charge in [-0.15, -0.1) is 0 Å². The van der Waals surface area contributed by atoms with E-state index in [9.17, 15) is 14.3 Å². The Bertz CT molecular complexity index is 1380. The first-order valence-electron chi connectivity index (χ1n) is 12.8. The molecule has 1 aromatic heterocycles. The van der Waals surface area contributed by atoms with Crippen molar-refractivity contribution < 1.29 is 23.6 Å². The number of ether oxygens (including phenoxy) is 1. The van der Waals surface area contributed by atoms with E-state index in [1.165, 1.54) is 6.07 Å². The topological polar surface area (TPSA) is 72.6 Å². The molecule has 5 rings (SSSR count). The molecule has 5 nitrogen and oxygen atoms in total. The van der Waals surface area contributed by atoms with Gasteiger partial charge in [-0.3, -0.25) is 4.79 Å². The molecule has 0 radical (unpaired) electrons. The molecule has 1 N–H and O–H groups in total. The summed E-state index contributed by atoms with van der Waals surface area (Å²) in [6.07, 6.45) is 10.2. The zero-order valence-electron chi connectivity index (χ0n) is 21.5. The second kappa shape index (κ2) is 10.0. The van der Waals surface area contributed by atoms with E-state index in [0.717, 1.165) is 47.9 Å². The molecule has 3 aromatic rings. The summed E-state index contributed by atoms with van der Waals surface area (Å²) in [5, 5.41) is 13.7. The van der Waals surface area contributed by atoms with E-state index in [4.69, 9.17) is 9.26 Å². The Hall–Kier alpha value is -3.67. The number of methoxy groups -OCH3 is 1. The number of carboxylic acids is 1. The summed E-state index contributed by atoms with van der Waals surface area (Å²) in [5.41, 5.74) is 4.57.